The number of aryl methyl sites for hydroxylation is 3. The van der Waals surface area contributed by atoms with Gasteiger partial charge in [-0.05, 0) is 55.5 Å². The quantitative estimate of drug-likeness (QED) is 0.688. The van der Waals surface area contributed by atoms with Crippen LogP contribution in [-0.4, -0.2) is 9.91 Å². The predicted octanol–water partition coefficient (Wildman–Crippen LogP) is 3.71. The van der Waals surface area contributed by atoms with Crippen LogP contribution in [0.3, 0.4) is 0 Å². The van der Waals surface area contributed by atoms with Gasteiger partial charge in [0, 0.05) is 12.3 Å². The zero-order chi connectivity index (χ0) is 15.0. The number of nitro benzene ring substituents is 1. The lowest BCUT2D eigenvalue weighted by Crippen LogP contribution is -2.10. The van der Waals surface area contributed by atoms with Crippen molar-refractivity contribution < 1.29 is 4.92 Å². The van der Waals surface area contributed by atoms with Crippen LogP contribution < -0.4 is 5.32 Å². The fourth-order valence-electron chi connectivity index (χ4n) is 2.81. The fraction of sp³-hybridized carbons (Fsp3) is 0.312. The third-order valence-electron chi connectivity index (χ3n) is 4.10. The monoisotopic (exact) mass is 283 g/mol. The van der Waals surface area contributed by atoms with Crippen molar-refractivity contribution in [1.82, 2.24) is 4.98 Å². The van der Waals surface area contributed by atoms with E-state index in [4.69, 9.17) is 0 Å². The first-order chi connectivity index (χ1) is 10.1. The largest absolute Gasteiger partial charge is 0.371 e. The normalized spacial score (nSPS) is 16.6. The molecule has 108 valence electrons. The summed E-state index contributed by atoms with van der Waals surface area (Å²) in [7, 11) is 0. The smallest absolute Gasteiger partial charge is 0.292 e. The van der Waals surface area contributed by atoms with Crippen LogP contribution in [0.1, 0.15) is 34.8 Å². The highest BCUT2D eigenvalue weighted by Gasteiger charge is 2.26. The molecule has 0 saturated carbocycles. The van der Waals surface area contributed by atoms with Crippen molar-refractivity contribution in [2.45, 2.75) is 32.7 Å². The number of rotatable bonds is 3. The van der Waals surface area contributed by atoms with Gasteiger partial charge in [0.1, 0.15) is 5.69 Å². The number of anilines is 1. The molecule has 1 aromatic carbocycles. The summed E-state index contributed by atoms with van der Waals surface area (Å²) in [4.78, 5) is 15.3. The lowest BCUT2D eigenvalue weighted by Gasteiger charge is -2.16. The van der Waals surface area contributed by atoms with E-state index in [0.717, 1.165) is 29.7 Å². The van der Waals surface area contributed by atoms with Gasteiger partial charge < -0.3 is 5.32 Å². The highest BCUT2D eigenvalue weighted by molar-refractivity contribution is 5.65. The Labute approximate surface area is 123 Å². The molecule has 0 saturated heterocycles. The first kappa shape index (κ1) is 13.5. The molecule has 21 heavy (non-hydrogen) atoms. The van der Waals surface area contributed by atoms with E-state index in [9.17, 15) is 10.1 Å². The molecular formula is C16H17N3O2. The Bertz CT molecular complexity index is 713. The number of nitro groups is 1. The number of fused-ring (bicyclic) bond motifs is 1. The maximum Gasteiger partial charge on any atom is 0.292 e. The molecule has 5 heteroatoms. The predicted molar refractivity (Wildman–Crippen MR) is 81.5 cm³/mol. The van der Waals surface area contributed by atoms with Gasteiger partial charge in [-0.3, -0.25) is 15.1 Å². The number of pyridine rings is 1. The Morgan fingerprint density at radius 3 is 2.86 bits per heavy atom. The van der Waals surface area contributed by atoms with E-state index in [2.05, 4.69) is 16.4 Å². The van der Waals surface area contributed by atoms with Crippen molar-refractivity contribution in [3.05, 3.63) is 63.0 Å². The van der Waals surface area contributed by atoms with Crippen LogP contribution in [0.5, 0.6) is 0 Å². The molecule has 0 spiro atoms. The van der Waals surface area contributed by atoms with E-state index in [0.29, 0.717) is 5.69 Å². The summed E-state index contributed by atoms with van der Waals surface area (Å²) in [5.41, 5.74) is 4.90. The summed E-state index contributed by atoms with van der Waals surface area (Å²) in [5.74, 6) is 0. The van der Waals surface area contributed by atoms with Gasteiger partial charge in [-0.2, -0.15) is 0 Å². The minimum Gasteiger partial charge on any atom is -0.371 e. The Morgan fingerprint density at radius 2 is 2.10 bits per heavy atom. The van der Waals surface area contributed by atoms with E-state index in [1.165, 1.54) is 5.56 Å². The van der Waals surface area contributed by atoms with E-state index < -0.39 is 0 Å². The highest BCUT2D eigenvalue weighted by Crippen LogP contribution is 2.36. The van der Waals surface area contributed by atoms with E-state index in [1.54, 1.807) is 12.3 Å². The topological polar surface area (TPSA) is 68.1 Å². The van der Waals surface area contributed by atoms with Gasteiger partial charge in [-0.15, -0.1) is 0 Å². The number of nitrogens with one attached hydrogen (secondary N) is 1. The highest BCUT2D eigenvalue weighted by atomic mass is 16.6. The molecule has 1 aliphatic carbocycles. The average Bonchev–Trinajstić information content (AvgIpc) is 2.86. The van der Waals surface area contributed by atoms with Gasteiger partial charge in [0.25, 0.3) is 5.69 Å². The number of hydrogen-bond acceptors (Lipinski definition) is 4. The first-order valence-electron chi connectivity index (χ1n) is 7.02. The SMILES string of the molecule is Cc1cc(NC2CCc3cccnc32)c([N+](=O)[O-])cc1C. The van der Waals surface area contributed by atoms with Crippen molar-refractivity contribution in [1.29, 1.82) is 0 Å². The molecule has 1 heterocycles. The fourth-order valence-corrected chi connectivity index (χ4v) is 2.81. The van der Waals surface area contributed by atoms with Gasteiger partial charge in [0.2, 0.25) is 0 Å². The summed E-state index contributed by atoms with van der Waals surface area (Å²) in [6, 6.07) is 7.53. The zero-order valence-electron chi connectivity index (χ0n) is 12.1. The maximum atomic E-state index is 11.3. The number of aromatic nitrogens is 1. The molecule has 1 atom stereocenters. The maximum absolute atomic E-state index is 11.3. The van der Waals surface area contributed by atoms with Crippen molar-refractivity contribution >= 4 is 11.4 Å². The van der Waals surface area contributed by atoms with Crippen LogP contribution in [0.2, 0.25) is 0 Å². The lowest BCUT2D eigenvalue weighted by molar-refractivity contribution is -0.384. The van der Waals surface area contributed by atoms with Crippen LogP contribution >= 0.6 is 0 Å². The van der Waals surface area contributed by atoms with Crippen molar-refractivity contribution in [2.24, 2.45) is 0 Å². The second-order valence-corrected chi connectivity index (χ2v) is 5.49. The van der Waals surface area contributed by atoms with Gasteiger partial charge >= 0.3 is 0 Å². The zero-order valence-corrected chi connectivity index (χ0v) is 12.1. The third-order valence-corrected chi connectivity index (χ3v) is 4.10. The minimum atomic E-state index is -0.330. The van der Waals surface area contributed by atoms with Crippen LogP contribution in [-0.2, 0) is 6.42 Å². The standard InChI is InChI=1S/C16H17N3O2/c1-10-8-14(15(19(20)21)9-11(10)2)18-13-6-5-12-4-3-7-17-16(12)13/h3-4,7-9,13,18H,5-6H2,1-2H3. The van der Waals surface area contributed by atoms with Crippen molar-refractivity contribution in [2.75, 3.05) is 5.32 Å². The van der Waals surface area contributed by atoms with Crippen LogP contribution in [0.25, 0.3) is 0 Å². The first-order valence-corrected chi connectivity index (χ1v) is 7.02. The van der Waals surface area contributed by atoms with Crippen molar-refractivity contribution in [3.8, 4) is 0 Å². The number of benzene rings is 1. The molecule has 0 aliphatic heterocycles. The summed E-state index contributed by atoms with van der Waals surface area (Å²) in [6.07, 6.45) is 3.64. The Kier molecular flexibility index (Phi) is 3.33. The molecule has 5 nitrogen and oxygen atoms in total. The summed E-state index contributed by atoms with van der Waals surface area (Å²) in [5, 5.41) is 14.6. The third kappa shape index (κ3) is 2.46. The minimum absolute atomic E-state index is 0.0435. The van der Waals surface area contributed by atoms with Crippen LogP contribution in [0.15, 0.2) is 30.5 Å². The molecule has 0 amide bonds. The molecule has 1 aromatic heterocycles. The number of nitrogens with zero attached hydrogens (tertiary/aromatic N) is 2. The summed E-state index contributed by atoms with van der Waals surface area (Å²) >= 11 is 0. The van der Waals surface area contributed by atoms with E-state index >= 15 is 0 Å². The molecule has 0 fully saturated rings. The second kappa shape index (κ2) is 5.16. The van der Waals surface area contributed by atoms with Gasteiger partial charge in [-0.1, -0.05) is 6.07 Å². The van der Waals surface area contributed by atoms with Gasteiger partial charge in [-0.25, -0.2) is 0 Å². The van der Waals surface area contributed by atoms with Crippen LogP contribution in [0.4, 0.5) is 11.4 Å². The Hall–Kier alpha value is -2.43. The lowest BCUT2D eigenvalue weighted by atomic mass is 10.1. The second-order valence-electron chi connectivity index (χ2n) is 5.49. The summed E-state index contributed by atoms with van der Waals surface area (Å²) in [6.45, 7) is 3.85. The van der Waals surface area contributed by atoms with Gasteiger partial charge in [0.05, 0.1) is 16.7 Å². The Balaban J connectivity index is 1.96. The number of hydrogen-bond donors (Lipinski definition) is 1. The van der Waals surface area contributed by atoms with Crippen molar-refractivity contribution in [3.63, 3.8) is 0 Å². The summed E-state index contributed by atoms with van der Waals surface area (Å²) < 4.78 is 0. The molecule has 1 aliphatic rings. The average molecular weight is 283 g/mol. The van der Waals surface area contributed by atoms with Gasteiger partial charge in [0.15, 0.2) is 0 Å². The molecule has 0 radical (unpaired) electrons. The molecule has 3 rings (SSSR count). The van der Waals surface area contributed by atoms with E-state index in [1.807, 2.05) is 26.0 Å². The molecular weight excluding hydrogens is 266 g/mol. The molecule has 1 N–H and O–H groups in total. The molecule has 1 unspecified atom stereocenters. The van der Waals surface area contributed by atoms with Crippen LogP contribution in [0, 0.1) is 24.0 Å². The van der Waals surface area contributed by atoms with E-state index in [-0.39, 0.29) is 16.7 Å². The molecule has 2 aromatic rings. The molecule has 0 bridgehead atoms. The Morgan fingerprint density at radius 1 is 1.33 bits per heavy atom.